The van der Waals surface area contributed by atoms with E-state index in [1.54, 1.807) is 6.07 Å². The lowest BCUT2D eigenvalue weighted by molar-refractivity contribution is 0.611. The van der Waals surface area contributed by atoms with Crippen molar-refractivity contribution in [3.63, 3.8) is 0 Å². The first-order chi connectivity index (χ1) is 7.65. The number of anilines is 1. The molecule has 16 heavy (non-hydrogen) atoms. The molecule has 1 aromatic heterocycles. The summed E-state index contributed by atoms with van der Waals surface area (Å²) in [7, 11) is 0. The van der Waals surface area contributed by atoms with E-state index in [0.717, 1.165) is 29.7 Å². The summed E-state index contributed by atoms with van der Waals surface area (Å²) >= 11 is 5.95. The molecule has 0 amide bonds. The Morgan fingerprint density at radius 1 is 1.38 bits per heavy atom. The fourth-order valence-corrected chi connectivity index (χ4v) is 2.22. The lowest BCUT2D eigenvalue weighted by Gasteiger charge is -2.07. The van der Waals surface area contributed by atoms with Crippen LogP contribution in [0.5, 0.6) is 0 Å². The standard InChI is InChI=1S/C12H16ClN3/c1-3-7(4-2)12-15-10-6-8(13)5-9(14)11(10)16-12/h5-7H,3-4,14H2,1-2H3,(H,15,16). The zero-order valence-electron chi connectivity index (χ0n) is 9.55. The average Bonchev–Trinajstić information content (AvgIpc) is 2.63. The molecule has 3 nitrogen and oxygen atoms in total. The number of nitrogen functional groups attached to an aromatic ring is 1. The van der Waals surface area contributed by atoms with Gasteiger partial charge in [-0.15, -0.1) is 0 Å². The van der Waals surface area contributed by atoms with Crippen LogP contribution >= 0.6 is 11.6 Å². The number of imidazole rings is 1. The molecule has 3 N–H and O–H groups in total. The SMILES string of the molecule is CCC(CC)c1nc2c(N)cc(Cl)cc2[nH]1. The summed E-state index contributed by atoms with van der Waals surface area (Å²) in [4.78, 5) is 7.86. The van der Waals surface area contributed by atoms with E-state index in [4.69, 9.17) is 17.3 Å². The van der Waals surface area contributed by atoms with Gasteiger partial charge in [0.25, 0.3) is 0 Å². The average molecular weight is 238 g/mol. The van der Waals surface area contributed by atoms with Crippen molar-refractivity contribution in [3.8, 4) is 0 Å². The van der Waals surface area contributed by atoms with Gasteiger partial charge in [0.15, 0.2) is 0 Å². The molecule has 1 aromatic carbocycles. The van der Waals surface area contributed by atoms with Crippen LogP contribution in [0.4, 0.5) is 5.69 Å². The van der Waals surface area contributed by atoms with Crippen LogP contribution in [-0.2, 0) is 0 Å². The minimum absolute atomic E-state index is 0.463. The van der Waals surface area contributed by atoms with Gasteiger partial charge in [-0.25, -0.2) is 4.98 Å². The molecule has 0 fully saturated rings. The Morgan fingerprint density at radius 2 is 2.06 bits per heavy atom. The lowest BCUT2D eigenvalue weighted by atomic mass is 10.0. The number of nitrogens with two attached hydrogens (primary N) is 1. The van der Waals surface area contributed by atoms with Crippen LogP contribution in [0, 0.1) is 0 Å². The number of hydrogen-bond donors (Lipinski definition) is 2. The highest BCUT2D eigenvalue weighted by molar-refractivity contribution is 6.31. The first-order valence-corrected chi connectivity index (χ1v) is 5.98. The van der Waals surface area contributed by atoms with E-state index in [0.29, 0.717) is 16.6 Å². The number of rotatable bonds is 3. The highest BCUT2D eigenvalue weighted by Crippen LogP contribution is 2.28. The Hall–Kier alpha value is -1.22. The Bertz CT molecular complexity index is 500. The van der Waals surface area contributed by atoms with E-state index in [2.05, 4.69) is 23.8 Å². The molecule has 2 rings (SSSR count). The predicted octanol–water partition coefficient (Wildman–Crippen LogP) is 3.70. The number of hydrogen-bond acceptors (Lipinski definition) is 2. The largest absolute Gasteiger partial charge is 0.397 e. The minimum atomic E-state index is 0.463. The van der Waals surface area contributed by atoms with Crippen LogP contribution in [0.3, 0.4) is 0 Å². The number of H-pyrrole nitrogens is 1. The molecule has 2 aromatic rings. The molecule has 0 aliphatic heterocycles. The minimum Gasteiger partial charge on any atom is -0.397 e. The summed E-state index contributed by atoms with van der Waals surface area (Å²) in [6.07, 6.45) is 2.15. The van der Waals surface area contributed by atoms with Crippen molar-refractivity contribution >= 4 is 28.3 Å². The number of fused-ring (bicyclic) bond motifs is 1. The predicted molar refractivity (Wildman–Crippen MR) is 68.8 cm³/mol. The van der Waals surface area contributed by atoms with E-state index >= 15 is 0 Å². The Balaban J connectivity index is 2.55. The summed E-state index contributed by atoms with van der Waals surface area (Å²) in [5, 5.41) is 0.643. The maximum absolute atomic E-state index is 5.95. The molecule has 0 atom stereocenters. The van der Waals surface area contributed by atoms with Crippen molar-refractivity contribution in [1.29, 1.82) is 0 Å². The number of nitrogens with zero attached hydrogens (tertiary/aromatic N) is 1. The van der Waals surface area contributed by atoms with Gasteiger partial charge in [0.05, 0.1) is 11.2 Å². The smallest absolute Gasteiger partial charge is 0.112 e. The van der Waals surface area contributed by atoms with Gasteiger partial charge < -0.3 is 10.7 Å². The number of aromatic amines is 1. The summed E-state index contributed by atoms with van der Waals surface area (Å²) < 4.78 is 0. The number of halogens is 1. The van der Waals surface area contributed by atoms with Crippen molar-refractivity contribution < 1.29 is 0 Å². The van der Waals surface area contributed by atoms with E-state index in [1.165, 1.54) is 0 Å². The van der Waals surface area contributed by atoms with Gasteiger partial charge in [0.2, 0.25) is 0 Å². The van der Waals surface area contributed by atoms with Gasteiger partial charge in [0, 0.05) is 10.9 Å². The summed E-state index contributed by atoms with van der Waals surface area (Å²) in [5.41, 5.74) is 8.27. The second-order valence-corrected chi connectivity index (χ2v) is 4.46. The quantitative estimate of drug-likeness (QED) is 0.800. The van der Waals surface area contributed by atoms with Crippen LogP contribution in [0.25, 0.3) is 11.0 Å². The monoisotopic (exact) mass is 237 g/mol. The van der Waals surface area contributed by atoms with Gasteiger partial charge >= 0.3 is 0 Å². The third-order valence-corrected chi connectivity index (χ3v) is 3.19. The van der Waals surface area contributed by atoms with Gasteiger partial charge in [-0.1, -0.05) is 25.4 Å². The van der Waals surface area contributed by atoms with Crippen LogP contribution in [0.2, 0.25) is 5.02 Å². The number of aromatic nitrogens is 2. The highest BCUT2D eigenvalue weighted by atomic mass is 35.5. The Kier molecular flexibility index (Phi) is 3.06. The van der Waals surface area contributed by atoms with E-state index in [1.807, 2.05) is 6.07 Å². The number of benzene rings is 1. The summed E-state index contributed by atoms with van der Waals surface area (Å²) in [6, 6.07) is 3.60. The van der Waals surface area contributed by atoms with E-state index in [-0.39, 0.29) is 0 Å². The zero-order valence-corrected chi connectivity index (χ0v) is 10.3. The van der Waals surface area contributed by atoms with Crippen LogP contribution in [0.1, 0.15) is 38.4 Å². The molecular weight excluding hydrogens is 222 g/mol. The maximum atomic E-state index is 5.95. The first-order valence-electron chi connectivity index (χ1n) is 5.60. The second kappa shape index (κ2) is 4.34. The molecule has 86 valence electrons. The summed E-state index contributed by atoms with van der Waals surface area (Å²) in [5.74, 6) is 1.47. The Morgan fingerprint density at radius 3 is 2.69 bits per heavy atom. The third kappa shape index (κ3) is 1.87. The topological polar surface area (TPSA) is 54.7 Å². The van der Waals surface area contributed by atoms with Gasteiger partial charge in [-0.2, -0.15) is 0 Å². The first kappa shape index (κ1) is 11.3. The van der Waals surface area contributed by atoms with E-state index < -0.39 is 0 Å². The molecular formula is C12H16ClN3. The molecule has 0 aliphatic rings. The Labute approximate surface area is 100 Å². The molecule has 0 aliphatic carbocycles. The van der Waals surface area contributed by atoms with E-state index in [9.17, 15) is 0 Å². The molecule has 4 heteroatoms. The molecule has 0 unspecified atom stereocenters. The van der Waals surface area contributed by atoms with Crippen molar-refractivity contribution in [2.24, 2.45) is 0 Å². The second-order valence-electron chi connectivity index (χ2n) is 4.03. The normalized spacial score (nSPS) is 11.5. The zero-order chi connectivity index (χ0) is 11.7. The molecule has 0 spiro atoms. The van der Waals surface area contributed by atoms with Crippen LogP contribution < -0.4 is 5.73 Å². The highest BCUT2D eigenvalue weighted by Gasteiger charge is 2.13. The third-order valence-electron chi connectivity index (χ3n) is 2.97. The van der Waals surface area contributed by atoms with Gasteiger partial charge in [0.1, 0.15) is 11.3 Å². The fourth-order valence-electron chi connectivity index (χ4n) is 2.00. The lowest BCUT2D eigenvalue weighted by Crippen LogP contribution is -1.97. The fraction of sp³-hybridized carbons (Fsp3) is 0.417. The molecule has 0 radical (unpaired) electrons. The molecule has 1 heterocycles. The maximum Gasteiger partial charge on any atom is 0.112 e. The van der Waals surface area contributed by atoms with Crippen molar-refractivity contribution in [2.75, 3.05) is 5.73 Å². The molecule has 0 saturated heterocycles. The van der Waals surface area contributed by atoms with Crippen molar-refractivity contribution in [2.45, 2.75) is 32.6 Å². The molecule has 0 saturated carbocycles. The molecule has 0 bridgehead atoms. The van der Waals surface area contributed by atoms with Crippen LogP contribution in [-0.4, -0.2) is 9.97 Å². The van der Waals surface area contributed by atoms with Gasteiger partial charge in [-0.05, 0) is 25.0 Å². The number of nitrogens with one attached hydrogen (secondary N) is 1. The van der Waals surface area contributed by atoms with Crippen molar-refractivity contribution in [3.05, 3.63) is 23.0 Å². The summed E-state index contributed by atoms with van der Waals surface area (Å²) in [6.45, 7) is 4.33. The van der Waals surface area contributed by atoms with Crippen LogP contribution in [0.15, 0.2) is 12.1 Å². The van der Waals surface area contributed by atoms with Gasteiger partial charge in [-0.3, -0.25) is 0 Å². The van der Waals surface area contributed by atoms with Crippen molar-refractivity contribution in [1.82, 2.24) is 9.97 Å².